The number of carbonyl (C=O) groups excluding carboxylic acids is 2. The number of para-hydroxylation sites is 2. The summed E-state index contributed by atoms with van der Waals surface area (Å²) in [6.07, 6.45) is -0.412. The number of anilines is 1. The first-order valence-electron chi connectivity index (χ1n) is 8.33. The lowest BCUT2D eigenvalue weighted by Gasteiger charge is -2.34. The van der Waals surface area contributed by atoms with Crippen molar-refractivity contribution in [3.05, 3.63) is 59.2 Å². The van der Waals surface area contributed by atoms with Gasteiger partial charge in [-0.05, 0) is 37.1 Å². The van der Waals surface area contributed by atoms with Gasteiger partial charge in [0.05, 0.1) is 18.7 Å². The average molecular weight is 338 g/mol. The molecule has 0 bridgehead atoms. The highest BCUT2D eigenvalue weighted by molar-refractivity contribution is 5.98. The van der Waals surface area contributed by atoms with Crippen molar-refractivity contribution in [2.45, 2.75) is 26.4 Å². The number of hydrogen-bond donors (Lipinski definition) is 1. The van der Waals surface area contributed by atoms with Gasteiger partial charge in [0.15, 0.2) is 6.10 Å². The van der Waals surface area contributed by atoms with Crippen molar-refractivity contribution in [3.8, 4) is 5.75 Å². The molecule has 5 nitrogen and oxygen atoms in total. The van der Waals surface area contributed by atoms with E-state index < -0.39 is 6.10 Å². The van der Waals surface area contributed by atoms with Gasteiger partial charge in [-0.3, -0.25) is 9.59 Å². The van der Waals surface area contributed by atoms with Crippen LogP contribution >= 0.6 is 0 Å². The van der Waals surface area contributed by atoms with Crippen LogP contribution in [0, 0.1) is 13.8 Å². The number of amides is 2. The Balaban J connectivity index is 1.90. The number of fused-ring (bicyclic) bond motifs is 1. The third-order valence-corrected chi connectivity index (χ3v) is 4.46. The monoisotopic (exact) mass is 338 g/mol. The smallest absolute Gasteiger partial charge is 0.262 e. The summed E-state index contributed by atoms with van der Waals surface area (Å²) in [6, 6.07) is 13.4. The van der Waals surface area contributed by atoms with E-state index in [4.69, 9.17) is 4.74 Å². The lowest BCUT2D eigenvalue weighted by molar-refractivity contribution is -0.127. The number of rotatable bonds is 3. The Hall–Kier alpha value is -2.82. The highest BCUT2D eigenvalue weighted by Gasteiger charge is 2.33. The van der Waals surface area contributed by atoms with Crippen molar-refractivity contribution in [2.24, 2.45) is 0 Å². The van der Waals surface area contributed by atoms with Gasteiger partial charge in [0.2, 0.25) is 5.91 Å². The molecule has 0 saturated heterocycles. The molecule has 2 aromatic carbocycles. The van der Waals surface area contributed by atoms with Crippen LogP contribution in [-0.2, 0) is 16.0 Å². The number of nitrogens with one attached hydrogen (secondary N) is 1. The Labute approximate surface area is 147 Å². The summed E-state index contributed by atoms with van der Waals surface area (Å²) in [4.78, 5) is 26.7. The number of carbonyl (C=O) groups is 2. The van der Waals surface area contributed by atoms with Crippen molar-refractivity contribution in [3.63, 3.8) is 0 Å². The molecule has 5 heteroatoms. The molecule has 1 heterocycles. The lowest BCUT2D eigenvalue weighted by Crippen LogP contribution is -2.50. The number of likely N-dealkylation sites (N-methyl/N-ethyl adjacent to an activating group) is 1. The number of benzene rings is 2. The summed E-state index contributed by atoms with van der Waals surface area (Å²) in [5.74, 6) is 0.272. The first-order valence-corrected chi connectivity index (χ1v) is 8.33. The Bertz CT molecular complexity index is 816. The summed E-state index contributed by atoms with van der Waals surface area (Å²) in [7, 11) is 1.56. The molecule has 3 rings (SSSR count). The normalized spacial score (nSPS) is 16.0. The average Bonchev–Trinajstić information content (AvgIpc) is 2.63. The molecule has 0 aliphatic carbocycles. The highest BCUT2D eigenvalue weighted by atomic mass is 16.5. The molecular weight excluding hydrogens is 316 g/mol. The minimum atomic E-state index is -0.706. The summed E-state index contributed by atoms with van der Waals surface area (Å²) in [5.41, 5.74) is 3.92. The zero-order valence-electron chi connectivity index (χ0n) is 14.7. The summed E-state index contributed by atoms with van der Waals surface area (Å²) in [5, 5.41) is 2.59. The van der Waals surface area contributed by atoms with Gasteiger partial charge in [0.25, 0.3) is 5.91 Å². The van der Waals surface area contributed by atoms with Gasteiger partial charge in [-0.2, -0.15) is 0 Å². The summed E-state index contributed by atoms with van der Waals surface area (Å²) >= 11 is 0. The Kier molecular flexibility index (Phi) is 4.74. The largest absolute Gasteiger partial charge is 0.477 e. The van der Waals surface area contributed by atoms with Gasteiger partial charge in [0, 0.05) is 7.05 Å². The Morgan fingerprint density at radius 1 is 1.20 bits per heavy atom. The maximum atomic E-state index is 13.0. The molecule has 2 amide bonds. The van der Waals surface area contributed by atoms with E-state index in [0.29, 0.717) is 17.9 Å². The molecule has 1 aliphatic heterocycles. The van der Waals surface area contributed by atoms with Crippen LogP contribution in [0.5, 0.6) is 5.75 Å². The van der Waals surface area contributed by atoms with E-state index in [-0.39, 0.29) is 18.4 Å². The van der Waals surface area contributed by atoms with Crippen LogP contribution in [0.15, 0.2) is 42.5 Å². The topological polar surface area (TPSA) is 58.6 Å². The number of ether oxygens (including phenoxy) is 1. The van der Waals surface area contributed by atoms with E-state index >= 15 is 0 Å². The van der Waals surface area contributed by atoms with Crippen LogP contribution in [0.2, 0.25) is 0 Å². The molecule has 1 unspecified atom stereocenters. The maximum absolute atomic E-state index is 13.0. The van der Waals surface area contributed by atoms with E-state index in [1.54, 1.807) is 18.0 Å². The van der Waals surface area contributed by atoms with Gasteiger partial charge in [0.1, 0.15) is 5.75 Å². The molecule has 0 radical (unpaired) electrons. The first kappa shape index (κ1) is 17.0. The molecule has 1 atom stereocenters. The molecule has 1 N–H and O–H groups in total. The summed E-state index contributed by atoms with van der Waals surface area (Å²) < 4.78 is 5.75. The molecule has 0 aromatic heterocycles. The second kappa shape index (κ2) is 6.97. The molecule has 1 aliphatic rings. The quantitative estimate of drug-likeness (QED) is 0.935. The second-order valence-electron chi connectivity index (χ2n) is 6.30. The van der Waals surface area contributed by atoms with E-state index in [2.05, 4.69) is 5.32 Å². The van der Waals surface area contributed by atoms with Crippen LogP contribution in [0.25, 0.3) is 0 Å². The molecule has 0 spiro atoms. The highest BCUT2D eigenvalue weighted by Crippen LogP contribution is 2.33. The minimum Gasteiger partial charge on any atom is -0.477 e. The number of hydrogen-bond acceptors (Lipinski definition) is 3. The van der Waals surface area contributed by atoms with Crippen LogP contribution in [0.4, 0.5) is 5.69 Å². The zero-order valence-corrected chi connectivity index (χ0v) is 14.7. The third kappa shape index (κ3) is 3.50. The first-order chi connectivity index (χ1) is 12.0. The van der Waals surface area contributed by atoms with Crippen LogP contribution in [0.1, 0.15) is 16.7 Å². The molecule has 25 heavy (non-hydrogen) atoms. The minimum absolute atomic E-state index is 0.0432. The van der Waals surface area contributed by atoms with Crippen molar-refractivity contribution in [2.75, 3.05) is 18.5 Å². The molecular formula is C20H22N2O3. The van der Waals surface area contributed by atoms with Crippen LogP contribution in [-0.4, -0.2) is 31.5 Å². The third-order valence-electron chi connectivity index (χ3n) is 4.46. The Morgan fingerprint density at radius 2 is 1.96 bits per heavy atom. The van der Waals surface area contributed by atoms with E-state index in [1.807, 2.05) is 50.2 Å². The molecule has 2 aromatic rings. The fourth-order valence-corrected chi connectivity index (χ4v) is 3.02. The van der Waals surface area contributed by atoms with Gasteiger partial charge < -0.3 is 15.0 Å². The van der Waals surface area contributed by atoms with Gasteiger partial charge >= 0.3 is 0 Å². The molecule has 0 fully saturated rings. The predicted molar refractivity (Wildman–Crippen MR) is 96.9 cm³/mol. The molecule has 130 valence electrons. The predicted octanol–water partition coefficient (Wildman–Crippen LogP) is 2.39. The van der Waals surface area contributed by atoms with E-state index in [0.717, 1.165) is 16.7 Å². The molecule has 0 saturated carbocycles. The van der Waals surface area contributed by atoms with Crippen molar-refractivity contribution >= 4 is 17.5 Å². The lowest BCUT2D eigenvalue weighted by atomic mass is 10.0. The van der Waals surface area contributed by atoms with E-state index in [1.165, 1.54) is 0 Å². The second-order valence-corrected chi connectivity index (χ2v) is 6.30. The van der Waals surface area contributed by atoms with Crippen molar-refractivity contribution in [1.82, 2.24) is 5.32 Å². The van der Waals surface area contributed by atoms with Crippen molar-refractivity contribution in [1.29, 1.82) is 0 Å². The maximum Gasteiger partial charge on any atom is 0.262 e. The SMILES string of the molecule is CNC(=O)C1CN(C(=O)Cc2cc(C)ccc2C)c2ccccc2O1. The summed E-state index contributed by atoms with van der Waals surface area (Å²) in [6.45, 7) is 4.22. The fourth-order valence-electron chi connectivity index (χ4n) is 3.02. The van der Waals surface area contributed by atoms with Gasteiger partial charge in [-0.25, -0.2) is 0 Å². The number of nitrogens with zero attached hydrogens (tertiary/aromatic N) is 1. The van der Waals surface area contributed by atoms with E-state index in [9.17, 15) is 9.59 Å². The Morgan fingerprint density at radius 3 is 2.72 bits per heavy atom. The zero-order chi connectivity index (χ0) is 18.0. The number of aryl methyl sites for hydroxylation is 2. The fraction of sp³-hybridized carbons (Fsp3) is 0.300. The van der Waals surface area contributed by atoms with Crippen LogP contribution in [0.3, 0.4) is 0 Å². The van der Waals surface area contributed by atoms with Gasteiger partial charge in [-0.1, -0.05) is 35.9 Å². The standard InChI is InChI=1S/C20H22N2O3/c1-13-8-9-14(2)15(10-13)11-19(23)22-12-18(20(24)21-3)25-17-7-5-4-6-16(17)22/h4-10,18H,11-12H2,1-3H3,(H,21,24). The van der Waals surface area contributed by atoms with Gasteiger partial charge in [-0.15, -0.1) is 0 Å². The van der Waals surface area contributed by atoms with Crippen LogP contribution < -0.4 is 15.0 Å². The van der Waals surface area contributed by atoms with Crippen molar-refractivity contribution < 1.29 is 14.3 Å².